The molecule has 1 aromatic carbocycles. The summed E-state index contributed by atoms with van der Waals surface area (Å²) in [6.07, 6.45) is 7.77. The maximum Gasteiger partial charge on any atom is -0.0398 e. The van der Waals surface area contributed by atoms with Crippen LogP contribution in [-0.4, -0.2) is 0 Å². The van der Waals surface area contributed by atoms with Gasteiger partial charge in [0.1, 0.15) is 0 Å². The fraction of sp³-hybridized carbons (Fsp3) is 0.333. The van der Waals surface area contributed by atoms with Crippen LogP contribution < -0.4 is 0 Å². The van der Waals surface area contributed by atoms with Gasteiger partial charge in [0.25, 0.3) is 0 Å². The highest BCUT2D eigenvalue weighted by atomic mass is 13.8. The van der Waals surface area contributed by atoms with Crippen molar-refractivity contribution in [2.75, 3.05) is 0 Å². The predicted octanol–water partition coefficient (Wildman–Crippen LogP) is 6.35. The molecule has 18 heavy (non-hydrogen) atoms. The van der Waals surface area contributed by atoms with Gasteiger partial charge in [0.05, 0.1) is 0 Å². The molecule has 0 aromatic heterocycles. The van der Waals surface area contributed by atoms with E-state index >= 15 is 0 Å². The monoisotopic (exact) mass is 246 g/mol. The minimum absolute atomic E-state index is 0. The summed E-state index contributed by atoms with van der Waals surface area (Å²) in [5.74, 6) is 0. The van der Waals surface area contributed by atoms with Crippen molar-refractivity contribution in [1.82, 2.24) is 0 Å². The van der Waals surface area contributed by atoms with E-state index in [2.05, 4.69) is 38.6 Å². The van der Waals surface area contributed by atoms with Gasteiger partial charge in [-0.05, 0) is 20.8 Å². The first kappa shape index (κ1) is 21.7. The highest BCUT2D eigenvalue weighted by molar-refractivity contribution is 5.18. The Morgan fingerprint density at radius 2 is 1.61 bits per heavy atom. The van der Waals surface area contributed by atoms with Crippen LogP contribution in [0.1, 0.15) is 40.7 Å². The summed E-state index contributed by atoms with van der Waals surface area (Å²) >= 11 is 0. The first-order valence-electron chi connectivity index (χ1n) is 6.14. The second-order valence-electron chi connectivity index (χ2n) is 3.28. The summed E-state index contributed by atoms with van der Waals surface area (Å²) in [5.41, 5.74) is 2.59. The van der Waals surface area contributed by atoms with Crippen LogP contribution in [-0.2, 0) is 0 Å². The lowest BCUT2D eigenvalue weighted by molar-refractivity contribution is 1.48. The van der Waals surface area contributed by atoms with Gasteiger partial charge in [0.2, 0.25) is 0 Å². The Kier molecular flexibility index (Phi) is 21.5. The molecule has 1 rings (SSSR count). The summed E-state index contributed by atoms with van der Waals surface area (Å²) in [6.45, 7) is 13.7. The predicted molar refractivity (Wildman–Crippen MR) is 88.0 cm³/mol. The lowest BCUT2D eigenvalue weighted by Crippen LogP contribution is -1.62. The van der Waals surface area contributed by atoms with Crippen LogP contribution in [0.5, 0.6) is 0 Å². The molecular weight excluding hydrogens is 216 g/mol. The minimum atomic E-state index is 0. The molecule has 0 heteroatoms. The van der Waals surface area contributed by atoms with Crippen molar-refractivity contribution in [3.63, 3.8) is 0 Å². The van der Waals surface area contributed by atoms with E-state index in [1.807, 2.05) is 51.1 Å². The van der Waals surface area contributed by atoms with Gasteiger partial charge >= 0.3 is 0 Å². The summed E-state index contributed by atoms with van der Waals surface area (Å²) in [6, 6.07) is 10.3. The topological polar surface area (TPSA) is 0 Å². The number of rotatable bonds is 2. The van der Waals surface area contributed by atoms with Crippen molar-refractivity contribution in [2.45, 2.75) is 42.0 Å². The van der Waals surface area contributed by atoms with E-state index in [0.717, 1.165) is 0 Å². The van der Waals surface area contributed by atoms with Crippen LogP contribution in [0, 0.1) is 6.92 Å². The van der Waals surface area contributed by atoms with E-state index in [-0.39, 0.29) is 7.43 Å². The zero-order valence-electron chi connectivity index (χ0n) is 11.9. The van der Waals surface area contributed by atoms with Crippen LogP contribution in [0.25, 0.3) is 0 Å². The lowest BCUT2D eigenvalue weighted by Gasteiger charge is -1.82. The van der Waals surface area contributed by atoms with Gasteiger partial charge < -0.3 is 0 Å². The van der Waals surface area contributed by atoms with Crippen molar-refractivity contribution in [1.29, 1.82) is 0 Å². The van der Waals surface area contributed by atoms with Gasteiger partial charge in [-0.15, -0.1) is 0 Å². The molecule has 0 aliphatic rings. The Morgan fingerprint density at radius 1 is 1.11 bits per heavy atom. The molecule has 0 saturated heterocycles. The summed E-state index contributed by atoms with van der Waals surface area (Å²) in [7, 11) is 0. The molecule has 0 aliphatic carbocycles. The molecule has 0 N–H and O–H groups in total. The van der Waals surface area contributed by atoms with Crippen molar-refractivity contribution >= 4 is 0 Å². The van der Waals surface area contributed by atoms with E-state index in [0.29, 0.717) is 0 Å². The number of hydrogen-bond donors (Lipinski definition) is 0. The van der Waals surface area contributed by atoms with Crippen molar-refractivity contribution in [3.05, 3.63) is 72.4 Å². The van der Waals surface area contributed by atoms with E-state index < -0.39 is 0 Å². The molecule has 0 atom stereocenters. The Hall–Kier alpha value is -1.56. The fourth-order valence-corrected chi connectivity index (χ4v) is 0.850. The molecule has 0 unspecified atom stereocenters. The second kappa shape index (κ2) is 17.8. The van der Waals surface area contributed by atoms with Crippen molar-refractivity contribution in [2.24, 2.45) is 0 Å². The van der Waals surface area contributed by atoms with Gasteiger partial charge in [0.15, 0.2) is 0 Å². The van der Waals surface area contributed by atoms with Crippen LogP contribution in [0.15, 0.2) is 66.8 Å². The van der Waals surface area contributed by atoms with Crippen LogP contribution in [0.3, 0.4) is 0 Å². The third-order valence-corrected chi connectivity index (χ3v) is 1.89. The van der Waals surface area contributed by atoms with Gasteiger partial charge in [0, 0.05) is 0 Å². The molecule has 0 spiro atoms. The van der Waals surface area contributed by atoms with Crippen LogP contribution in [0.2, 0.25) is 0 Å². The van der Waals surface area contributed by atoms with E-state index in [4.69, 9.17) is 0 Å². The van der Waals surface area contributed by atoms with Crippen molar-refractivity contribution < 1.29 is 0 Å². The molecule has 1 aromatic rings. The second-order valence-corrected chi connectivity index (χ2v) is 3.28. The third-order valence-electron chi connectivity index (χ3n) is 1.89. The Bertz CT molecular complexity index is 315. The largest absolute Gasteiger partial charge is 0.0991 e. The normalized spacial score (nSPS) is 9.28. The zero-order valence-corrected chi connectivity index (χ0v) is 11.9. The molecule has 0 aliphatic heterocycles. The van der Waals surface area contributed by atoms with Crippen LogP contribution >= 0.6 is 0 Å². The number of aryl methyl sites for hydroxylation is 1. The smallest absolute Gasteiger partial charge is 0.0398 e. The SMILES string of the molecule is C.C=C/C=C\C(C)=C/C.CC.Cc1ccccc1. The molecule has 0 nitrogen and oxygen atoms in total. The Morgan fingerprint density at radius 3 is 1.89 bits per heavy atom. The molecule has 0 fully saturated rings. The molecule has 102 valence electrons. The minimum Gasteiger partial charge on any atom is -0.0991 e. The first-order valence-corrected chi connectivity index (χ1v) is 6.14. The zero-order chi connectivity index (χ0) is 13.5. The Balaban J connectivity index is -0.000000210. The average molecular weight is 246 g/mol. The number of allylic oxidation sites excluding steroid dienone is 5. The van der Waals surface area contributed by atoms with Gasteiger partial charge in [-0.25, -0.2) is 0 Å². The summed E-state index contributed by atoms with van der Waals surface area (Å²) in [5, 5.41) is 0. The molecule has 0 heterocycles. The maximum absolute atomic E-state index is 3.55. The average Bonchev–Trinajstić information content (AvgIpc) is 2.40. The molecular formula is C18H30. The first-order chi connectivity index (χ1) is 8.20. The summed E-state index contributed by atoms with van der Waals surface area (Å²) in [4.78, 5) is 0. The molecule has 0 saturated carbocycles. The fourth-order valence-electron chi connectivity index (χ4n) is 0.850. The Labute approximate surface area is 115 Å². The van der Waals surface area contributed by atoms with E-state index in [9.17, 15) is 0 Å². The molecule has 0 bridgehead atoms. The van der Waals surface area contributed by atoms with Gasteiger partial charge in [-0.2, -0.15) is 0 Å². The van der Waals surface area contributed by atoms with E-state index in [1.54, 1.807) is 6.08 Å². The number of hydrogen-bond acceptors (Lipinski definition) is 0. The standard InChI is InChI=1S/C8H12.C7H8.C2H6.CH4/c1-4-6-7-8(3)5-2;1-7-5-3-2-4-6-7;1-2;/h4-7H,1H2,2-3H3;2-6H,1H3;1-2H3;1H4/b7-6-,8-5-;;;. The third kappa shape index (κ3) is 16.9. The molecule has 0 amide bonds. The van der Waals surface area contributed by atoms with Crippen molar-refractivity contribution in [3.8, 4) is 0 Å². The quantitative estimate of drug-likeness (QED) is 0.533. The lowest BCUT2D eigenvalue weighted by atomic mass is 10.2. The molecule has 0 radical (unpaired) electrons. The highest BCUT2D eigenvalue weighted by Gasteiger charge is 1.72. The van der Waals surface area contributed by atoms with E-state index in [1.165, 1.54) is 11.1 Å². The van der Waals surface area contributed by atoms with Gasteiger partial charge in [-0.3, -0.25) is 0 Å². The summed E-state index contributed by atoms with van der Waals surface area (Å²) < 4.78 is 0. The maximum atomic E-state index is 3.55. The van der Waals surface area contributed by atoms with Gasteiger partial charge in [-0.1, -0.05) is 93.6 Å². The highest BCUT2D eigenvalue weighted by Crippen LogP contribution is 1.92. The van der Waals surface area contributed by atoms with Crippen LogP contribution in [0.4, 0.5) is 0 Å². The number of benzene rings is 1.